The average Bonchev–Trinajstić information content (AvgIpc) is 2.47. The fraction of sp³-hybridized carbons (Fsp3) is 0.214. The van der Waals surface area contributed by atoms with Gasteiger partial charge in [0.05, 0.1) is 6.61 Å². The third kappa shape index (κ3) is 3.26. The lowest BCUT2D eigenvalue weighted by atomic mass is 10.2. The topological polar surface area (TPSA) is 70.8 Å². The van der Waals surface area contributed by atoms with Gasteiger partial charge >= 0.3 is 0 Å². The smallest absolute Gasteiger partial charge is 0.152 e. The lowest BCUT2D eigenvalue weighted by Gasteiger charge is -2.10. The van der Waals surface area contributed by atoms with Crippen molar-refractivity contribution < 1.29 is 4.74 Å². The molecule has 0 saturated heterocycles. The molecular weight excluding hydrogens is 272 g/mol. The van der Waals surface area contributed by atoms with E-state index in [2.05, 4.69) is 21.4 Å². The molecule has 0 amide bonds. The molecule has 5 nitrogen and oxygen atoms in total. The van der Waals surface area contributed by atoms with Crippen molar-refractivity contribution in [3.05, 3.63) is 41.7 Å². The number of hydrogen-bond acceptors (Lipinski definition) is 6. The van der Waals surface area contributed by atoms with Crippen molar-refractivity contribution in [1.82, 2.24) is 9.97 Å². The van der Waals surface area contributed by atoms with Gasteiger partial charge in [-0.25, -0.2) is 9.97 Å². The summed E-state index contributed by atoms with van der Waals surface area (Å²) in [6, 6.07) is 9.93. The summed E-state index contributed by atoms with van der Waals surface area (Å²) in [4.78, 5) is 8.23. The molecule has 0 spiro atoms. The van der Waals surface area contributed by atoms with Crippen LogP contribution >= 0.6 is 11.8 Å². The number of anilines is 2. The highest BCUT2D eigenvalue weighted by atomic mass is 32.2. The van der Waals surface area contributed by atoms with Crippen molar-refractivity contribution in [2.45, 2.75) is 11.6 Å². The molecule has 0 aliphatic rings. The van der Waals surface area contributed by atoms with Crippen molar-refractivity contribution in [2.75, 3.05) is 18.7 Å². The number of benzene rings is 1. The molecule has 0 aliphatic carbocycles. The van der Waals surface area contributed by atoms with Gasteiger partial charge in [0.1, 0.15) is 23.0 Å². The van der Waals surface area contributed by atoms with Crippen LogP contribution in [0.1, 0.15) is 11.1 Å². The Morgan fingerprint density at radius 1 is 1.40 bits per heavy atom. The molecule has 0 aliphatic heterocycles. The minimum Gasteiger partial charge on any atom is -0.380 e. The van der Waals surface area contributed by atoms with Crippen molar-refractivity contribution in [1.29, 1.82) is 5.26 Å². The number of nitrogens with zero attached hydrogens (tertiary/aromatic N) is 3. The number of rotatable bonds is 5. The molecule has 2 rings (SSSR count). The molecule has 0 saturated carbocycles. The largest absolute Gasteiger partial charge is 0.380 e. The second kappa shape index (κ2) is 6.89. The maximum Gasteiger partial charge on any atom is 0.152 e. The van der Waals surface area contributed by atoms with E-state index in [1.165, 1.54) is 18.1 Å². The van der Waals surface area contributed by atoms with Crippen LogP contribution in [-0.4, -0.2) is 23.3 Å². The maximum absolute atomic E-state index is 9.24. The van der Waals surface area contributed by atoms with E-state index in [4.69, 9.17) is 4.74 Å². The SMILES string of the molecule is COCc1cccc(Nc2ncnc(SC)c2C#N)c1. The summed E-state index contributed by atoms with van der Waals surface area (Å²) in [7, 11) is 1.66. The Labute approximate surface area is 122 Å². The summed E-state index contributed by atoms with van der Waals surface area (Å²) >= 11 is 1.42. The van der Waals surface area contributed by atoms with E-state index >= 15 is 0 Å². The number of nitriles is 1. The number of methoxy groups -OCH3 is 1. The van der Waals surface area contributed by atoms with Gasteiger partial charge in [0.2, 0.25) is 0 Å². The zero-order valence-corrected chi connectivity index (χ0v) is 12.1. The summed E-state index contributed by atoms with van der Waals surface area (Å²) in [6.07, 6.45) is 3.33. The van der Waals surface area contributed by atoms with Crippen molar-refractivity contribution in [3.63, 3.8) is 0 Å². The van der Waals surface area contributed by atoms with Crippen LogP contribution in [0.5, 0.6) is 0 Å². The normalized spacial score (nSPS) is 10.1. The number of nitrogens with one attached hydrogen (secondary N) is 1. The Balaban J connectivity index is 2.30. The first-order chi connectivity index (χ1) is 9.78. The van der Waals surface area contributed by atoms with Crippen molar-refractivity contribution in [3.8, 4) is 6.07 Å². The van der Waals surface area contributed by atoms with Gasteiger partial charge in [-0.2, -0.15) is 5.26 Å². The first-order valence-corrected chi connectivity index (χ1v) is 7.15. The number of hydrogen-bond donors (Lipinski definition) is 1. The lowest BCUT2D eigenvalue weighted by molar-refractivity contribution is 0.185. The zero-order valence-electron chi connectivity index (χ0n) is 11.3. The van der Waals surface area contributed by atoms with E-state index in [-0.39, 0.29) is 0 Å². The van der Waals surface area contributed by atoms with Gasteiger partial charge in [-0.15, -0.1) is 11.8 Å². The highest BCUT2D eigenvalue weighted by Crippen LogP contribution is 2.25. The zero-order chi connectivity index (χ0) is 14.4. The quantitative estimate of drug-likeness (QED) is 0.673. The average molecular weight is 286 g/mol. The predicted octanol–water partition coefficient (Wildman–Crippen LogP) is 2.96. The van der Waals surface area contributed by atoms with Crippen LogP contribution in [0.25, 0.3) is 0 Å². The Morgan fingerprint density at radius 3 is 2.95 bits per heavy atom. The summed E-state index contributed by atoms with van der Waals surface area (Å²) in [6.45, 7) is 0.542. The summed E-state index contributed by atoms with van der Waals surface area (Å²) < 4.78 is 5.11. The first kappa shape index (κ1) is 14.3. The third-order valence-electron chi connectivity index (χ3n) is 2.62. The maximum atomic E-state index is 9.24. The van der Waals surface area contributed by atoms with Crippen LogP contribution < -0.4 is 5.32 Å². The number of thioether (sulfide) groups is 1. The van der Waals surface area contributed by atoms with Gasteiger partial charge < -0.3 is 10.1 Å². The van der Waals surface area contributed by atoms with E-state index in [0.717, 1.165) is 11.3 Å². The van der Waals surface area contributed by atoms with Gasteiger partial charge in [0.25, 0.3) is 0 Å². The molecule has 0 bridgehead atoms. The monoisotopic (exact) mass is 286 g/mol. The van der Waals surface area contributed by atoms with E-state index in [1.54, 1.807) is 7.11 Å². The molecule has 2 aromatic rings. The van der Waals surface area contributed by atoms with Gasteiger partial charge in [-0.05, 0) is 24.0 Å². The molecule has 1 aromatic heterocycles. The van der Waals surface area contributed by atoms with Crippen LogP contribution in [-0.2, 0) is 11.3 Å². The van der Waals surface area contributed by atoms with Crippen LogP contribution in [0.3, 0.4) is 0 Å². The van der Waals surface area contributed by atoms with E-state index in [0.29, 0.717) is 23.0 Å². The van der Waals surface area contributed by atoms with Gasteiger partial charge in [0.15, 0.2) is 5.82 Å². The van der Waals surface area contributed by atoms with Crippen LogP contribution in [0.4, 0.5) is 11.5 Å². The van der Waals surface area contributed by atoms with Crippen molar-refractivity contribution in [2.24, 2.45) is 0 Å². The fourth-order valence-electron chi connectivity index (χ4n) is 1.76. The minimum atomic E-state index is 0.456. The Kier molecular flexibility index (Phi) is 4.93. The molecule has 1 N–H and O–H groups in total. The van der Waals surface area contributed by atoms with Gasteiger partial charge in [0, 0.05) is 12.8 Å². The van der Waals surface area contributed by atoms with E-state index in [1.807, 2.05) is 30.5 Å². The number of ether oxygens (including phenoxy) is 1. The third-order valence-corrected chi connectivity index (χ3v) is 3.31. The van der Waals surface area contributed by atoms with E-state index in [9.17, 15) is 5.26 Å². The fourth-order valence-corrected chi connectivity index (χ4v) is 2.26. The molecule has 20 heavy (non-hydrogen) atoms. The summed E-state index contributed by atoms with van der Waals surface area (Å²) in [5, 5.41) is 13.1. The van der Waals surface area contributed by atoms with Gasteiger partial charge in [-0.3, -0.25) is 0 Å². The molecule has 0 radical (unpaired) electrons. The highest BCUT2D eigenvalue weighted by molar-refractivity contribution is 7.98. The van der Waals surface area contributed by atoms with E-state index < -0.39 is 0 Å². The Hall–Kier alpha value is -2.10. The minimum absolute atomic E-state index is 0.456. The van der Waals surface area contributed by atoms with Gasteiger partial charge in [-0.1, -0.05) is 12.1 Å². The molecule has 0 fully saturated rings. The van der Waals surface area contributed by atoms with Crippen molar-refractivity contribution >= 4 is 23.3 Å². The molecule has 1 aromatic carbocycles. The predicted molar refractivity (Wildman–Crippen MR) is 79.0 cm³/mol. The molecular formula is C14H14N4OS. The summed E-state index contributed by atoms with van der Waals surface area (Å²) in [5.41, 5.74) is 2.37. The van der Waals surface area contributed by atoms with Crippen LogP contribution in [0.2, 0.25) is 0 Å². The Morgan fingerprint density at radius 2 is 2.25 bits per heavy atom. The number of aromatic nitrogens is 2. The molecule has 6 heteroatoms. The Bertz CT molecular complexity index is 639. The molecule has 102 valence electrons. The molecule has 0 unspecified atom stereocenters. The highest BCUT2D eigenvalue weighted by Gasteiger charge is 2.10. The molecule has 1 heterocycles. The lowest BCUT2D eigenvalue weighted by Crippen LogP contribution is -2.00. The first-order valence-electron chi connectivity index (χ1n) is 5.92. The second-order valence-corrected chi connectivity index (χ2v) is 4.77. The summed E-state index contributed by atoms with van der Waals surface area (Å²) in [5.74, 6) is 0.515. The van der Waals surface area contributed by atoms with Crippen LogP contribution in [0.15, 0.2) is 35.6 Å². The standard InChI is InChI=1S/C14H14N4OS/c1-19-8-10-4-3-5-11(6-10)18-13-12(7-15)14(20-2)17-9-16-13/h3-6,9H,8H2,1-2H3,(H,16,17,18). The second-order valence-electron chi connectivity index (χ2n) is 3.98. The van der Waals surface area contributed by atoms with Crippen LogP contribution in [0, 0.1) is 11.3 Å². The molecule has 0 atom stereocenters.